The lowest BCUT2D eigenvalue weighted by atomic mass is 10.2. The minimum atomic E-state index is -1.17. The molecule has 0 saturated carbocycles. The van der Waals surface area contributed by atoms with Gasteiger partial charge >= 0.3 is 11.9 Å². The monoisotopic (exact) mass is 214 g/mol. The van der Waals surface area contributed by atoms with Gasteiger partial charge in [-0.25, -0.2) is 4.79 Å². The molecule has 0 saturated heterocycles. The van der Waals surface area contributed by atoms with Crippen LogP contribution in [0.15, 0.2) is 18.2 Å². The van der Waals surface area contributed by atoms with Crippen LogP contribution in [0.25, 0.3) is 0 Å². The molecule has 0 aliphatic heterocycles. The number of carboxylic acid groups (broad SMARTS) is 1. The first-order chi connectivity index (χ1) is 6.50. The third kappa shape index (κ3) is 2.47. The van der Waals surface area contributed by atoms with E-state index in [9.17, 15) is 9.59 Å². The number of rotatable bonds is 2. The molecule has 1 N–H and O–H groups in total. The zero-order chi connectivity index (χ0) is 10.7. The van der Waals surface area contributed by atoms with Gasteiger partial charge in [-0.2, -0.15) is 0 Å². The fraction of sp³-hybridized carbons (Fsp3) is 0.111. The van der Waals surface area contributed by atoms with E-state index in [1.54, 1.807) is 0 Å². The Bertz CT molecular complexity index is 386. The number of aromatic carboxylic acids is 1. The Morgan fingerprint density at radius 3 is 2.57 bits per heavy atom. The SMILES string of the molecule is CC(=O)Oc1cc(Cl)ccc1C(=O)O. The molecule has 0 fully saturated rings. The second kappa shape index (κ2) is 4.11. The summed E-state index contributed by atoms with van der Waals surface area (Å²) in [6, 6.07) is 3.98. The molecular weight excluding hydrogens is 208 g/mol. The Kier molecular flexibility index (Phi) is 3.09. The van der Waals surface area contributed by atoms with E-state index < -0.39 is 11.9 Å². The highest BCUT2D eigenvalue weighted by Gasteiger charge is 2.12. The van der Waals surface area contributed by atoms with Gasteiger partial charge in [0, 0.05) is 18.0 Å². The van der Waals surface area contributed by atoms with Gasteiger partial charge in [-0.1, -0.05) is 11.6 Å². The van der Waals surface area contributed by atoms with Crippen molar-refractivity contribution in [2.45, 2.75) is 6.92 Å². The van der Waals surface area contributed by atoms with E-state index >= 15 is 0 Å². The molecule has 0 spiro atoms. The second-order valence-electron chi connectivity index (χ2n) is 2.54. The van der Waals surface area contributed by atoms with E-state index in [2.05, 4.69) is 4.74 Å². The summed E-state index contributed by atoms with van der Waals surface area (Å²) in [6.45, 7) is 1.19. The van der Waals surface area contributed by atoms with Crippen LogP contribution in [-0.2, 0) is 4.79 Å². The van der Waals surface area contributed by atoms with Crippen molar-refractivity contribution in [2.24, 2.45) is 0 Å². The van der Waals surface area contributed by atoms with Crippen molar-refractivity contribution in [3.63, 3.8) is 0 Å². The molecule has 5 heteroatoms. The summed E-state index contributed by atoms with van der Waals surface area (Å²) in [5, 5.41) is 9.05. The maximum absolute atomic E-state index is 10.7. The molecule has 14 heavy (non-hydrogen) atoms. The maximum atomic E-state index is 10.7. The average Bonchev–Trinajstić information content (AvgIpc) is 2.01. The normalized spacial score (nSPS) is 9.57. The molecule has 0 aliphatic carbocycles. The number of benzene rings is 1. The van der Waals surface area contributed by atoms with Gasteiger partial charge < -0.3 is 9.84 Å². The highest BCUT2D eigenvalue weighted by Crippen LogP contribution is 2.23. The topological polar surface area (TPSA) is 63.6 Å². The molecule has 0 atom stereocenters. The van der Waals surface area contributed by atoms with Crippen LogP contribution in [0.2, 0.25) is 5.02 Å². The van der Waals surface area contributed by atoms with Gasteiger partial charge in [0.15, 0.2) is 0 Å². The second-order valence-corrected chi connectivity index (χ2v) is 2.98. The van der Waals surface area contributed by atoms with Gasteiger partial charge in [0.05, 0.1) is 0 Å². The van der Waals surface area contributed by atoms with Gasteiger partial charge in [-0.05, 0) is 12.1 Å². The molecular formula is C9H7ClO4. The molecule has 0 heterocycles. The van der Waals surface area contributed by atoms with Crippen LogP contribution >= 0.6 is 11.6 Å². The minimum absolute atomic E-state index is 0.0440. The smallest absolute Gasteiger partial charge is 0.339 e. The first-order valence-electron chi connectivity index (χ1n) is 3.72. The maximum Gasteiger partial charge on any atom is 0.339 e. The summed E-state index contributed by atoms with van der Waals surface area (Å²) in [6.07, 6.45) is 0. The summed E-state index contributed by atoms with van der Waals surface area (Å²) >= 11 is 5.62. The van der Waals surface area contributed by atoms with E-state index in [0.717, 1.165) is 0 Å². The summed E-state index contributed by atoms with van der Waals surface area (Å²) < 4.78 is 4.68. The molecule has 74 valence electrons. The lowest BCUT2D eigenvalue weighted by molar-refractivity contribution is -0.131. The first kappa shape index (κ1) is 10.5. The predicted molar refractivity (Wildman–Crippen MR) is 49.7 cm³/mol. The molecule has 0 bridgehead atoms. The van der Waals surface area contributed by atoms with E-state index in [1.165, 1.54) is 25.1 Å². The lowest BCUT2D eigenvalue weighted by Crippen LogP contribution is -2.07. The van der Waals surface area contributed by atoms with Crippen LogP contribution in [0.4, 0.5) is 0 Å². The largest absolute Gasteiger partial charge is 0.478 e. The third-order valence-electron chi connectivity index (χ3n) is 1.43. The third-order valence-corrected chi connectivity index (χ3v) is 1.66. The number of ether oxygens (including phenoxy) is 1. The molecule has 1 rings (SSSR count). The number of carbonyl (C=O) groups excluding carboxylic acids is 1. The number of carboxylic acids is 1. The molecule has 0 aliphatic rings. The number of carbonyl (C=O) groups is 2. The van der Waals surface area contributed by atoms with Gasteiger partial charge in [-0.3, -0.25) is 4.79 Å². The minimum Gasteiger partial charge on any atom is -0.478 e. The van der Waals surface area contributed by atoms with Gasteiger partial charge in [0.1, 0.15) is 11.3 Å². The van der Waals surface area contributed by atoms with E-state index in [1.807, 2.05) is 0 Å². The van der Waals surface area contributed by atoms with E-state index in [4.69, 9.17) is 16.7 Å². The van der Waals surface area contributed by atoms with Crippen molar-refractivity contribution in [1.29, 1.82) is 0 Å². The van der Waals surface area contributed by atoms with Crippen LogP contribution in [0.5, 0.6) is 5.75 Å². The van der Waals surface area contributed by atoms with Gasteiger partial charge in [0.2, 0.25) is 0 Å². The molecule has 0 unspecified atom stereocenters. The number of hydrogen-bond acceptors (Lipinski definition) is 3. The van der Waals surface area contributed by atoms with Crippen molar-refractivity contribution in [3.8, 4) is 5.75 Å². The fourth-order valence-electron chi connectivity index (χ4n) is 0.912. The summed E-state index contributed by atoms with van der Waals surface area (Å²) in [5.74, 6) is -1.80. The van der Waals surface area contributed by atoms with Crippen LogP contribution in [0.3, 0.4) is 0 Å². The molecule has 1 aromatic rings. The van der Waals surface area contributed by atoms with Crippen molar-refractivity contribution < 1.29 is 19.4 Å². The fourth-order valence-corrected chi connectivity index (χ4v) is 1.07. The number of halogens is 1. The van der Waals surface area contributed by atoms with Gasteiger partial charge in [0.25, 0.3) is 0 Å². The highest BCUT2D eigenvalue weighted by atomic mass is 35.5. The Labute approximate surface area is 85.1 Å². The van der Waals surface area contributed by atoms with E-state index in [0.29, 0.717) is 5.02 Å². The standard InChI is InChI=1S/C9H7ClO4/c1-5(11)14-8-4-6(10)2-3-7(8)9(12)13/h2-4H,1H3,(H,12,13). The van der Waals surface area contributed by atoms with Crippen molar-refractivity contribution in [2.75, 3.05) is 0 Å². The Morgan fingerprint density at radius 1 is 1.43 bits per heavy atom. The molecule has 0 radical (unpaired) electrons. The highest BCUT2D eigenvalue weighted by molar-refractivity contribution is 6.30. The lowest BCUT2D eigenvalue weighted by Gasteiger charge is -2.05. The molecule has 0 amide bonds. The van der Waals surface area contributed by atoms with Crippen LogP contribution in [0.1, 0.15) is 17.3 Å². The molecule has 4 nitrogen and oxygen atoms in total. The van der Waals surface area contributed by atoms with Crippen molar-refractivity contribution in [1.82, 2.24) is 0 Å². The van der Waals surface area contributed by atoms with Crippen molar-refractivity contribution in [3.05, 3.63) is 28.8 Å². The van der Waals surface area contributed by atoms with Crippen LogP contribution < -0.4 is 4.74 Å². The Balaban J connectivity index is 3.15. The van der Waals surface area contributed by atoms with Crippen LogP contribution in [-0.4, -0.2) is 17.0 Å². The molecule has 0 aromatic heterocycles. The zero-order valence-electron chi connectivity index (χ0n) is 7.28. The van der Waals surface area contributed by atoms with Crippen molar-refractivity contribution >= 4 is 23.5 Å². The molecule has 1 aromatic carbocycles. The Morgan fingerprint density at radius 2 is 2.07 bits per heavy atom. The van der Waals surface area contributed by atoms with Gasteiger partial charge in [-0.15, -0.1) is 0 Å². The van der Waals surface area contributed by atoms with E-state index in [-0.39, 0.29) is 11.3 Å². The van der Waals surface area contributed by atoms with Crippen LogP contribution in [0, 0.1) is 0 Å². The summed E-state index contributed by atoms with van der Waals surface area (Å²) in [7, 11) is 0. The number of esters is 1. The summed E-state index contributed by atoms with van der Waals surface area (Å²) in [5.41, 5.74) is -0.0930. The average molecular weight is 215 g/mol. The predicted octanol–water partition coefficient (Wildman–Crippen LogP) is 1.96. The zero-order valence-corrected chi connectivity index (χ0v) is 8.04. The number of hydrogen-bond donors (Lipinski definition) is 1. The Hall–Kier alpha value is -1.55. The first-order valence-corrected chi connectivity index (χ1v) is 4.10. The summed E-state index contributed by atoms with van der Waals surface area (Å²) in [4.78, 5) is 21.3. The quantitative estimate of drug-likeness (QED) is 0.604.